The van der Waals surface area contributed by atoms with Crippen molar-refractivity contribution in [2.24, 2.45) is 5.73 Å². The van der Waals surface area contributed by atoms with Gasteiger partial charge in [0, 0.05) is 21.1 Å². The molecule has 90 valence electrons. The van der Waals surface area contributed by atoms with E-state index in [9.17, 15) is 0 Å². The maximum atomic E-state index is 7.32. The Morgan fingerprint density at radius 3 is 2.82 bits per heavy atom. The van der Waals surface area contributed by atoms with Crippen LogP contribution in [0.25, 0.3) is 10.1 Å². The molecule has 0 aliphatic heterocycles. The van der Waals surface area contributed by atoms with Gasteiger partial charge in [0.2, 0.25) is 0 Å². The van der Waals surface area contributed by atoms with E-state index in [1.165, 1.54) is 32.3 Å². The standard InChI is InChI=1S/C12H14N2S3/c1-15-7-11-9(6-16-12(13)14)8-4-2-3-5-10(8)17-11/h2-5H,6-7H2,1H3,(H3,13,14). The summed E-state index contributed by atoms with van der Waals surface area (Å²) in [6.45, 7) is 0. The minimum atomic E-state index is 0.190. The number of hydrogen-bond acceptors (Lipinski definition) is 4. The lowest BCUT2D eigenvalue weighted by Gasteiger charge is -2.02. The van der Waals surface area contributed by atoms with Crippen molar-refractivity contribution >= 4 is 50.1 Å². The number of rotatable bonds is 4. The summed E-state index contributed by atoms with van der Waals surface area (Å²) in [7, 11) is 0. The van der Waals surface area contributed by atoms with Gasteiger partial charge in [-0.05, 0) is 23.3 Å². The van der Waals surface area contributed by atoms with E-state index in [-0.39, 0.29) is 5.17 Å². The third kappa shape index (κ3) is 2.97. The molecule has 0 unspecified atom stereocenters. The number of fused-ring (bicyclic) bond motifs is 1. The van der Waals surface area contributed by atoms with Crippen LogP contribution in [0.15, 0.2) is 24.3 Å². The van der Waals surface area contributed by atoms with E-state index in [1.54, 1.807) is 0 Å². The molecule has 0 atom stereocenters. The van der Waals surface area contributed by atoms with Crippen LogP contribution in [-0.2, 0) is 11.5 Å². The van der Waals surface area contributed by atoms with Crippen LogP contribution in [0.2, 0.25) is 0 Å². The highest BCUT2D eigenvalue weighted by molar-refractivity contribution is 8.13. The highest BCUT2D eigenvalue weighted by atomic mass is 32.2. The predicted octanol–water partition coefficient (Wildman–Crippen LogP) is 3.89. The summed E-state index contributed by atoms with van der Waals surface area (Å²) in [6, 6.07) is 8.46. The third-order valence-corrected chi connectivity index (χ3v) is 5.15. The van der Waals surface area contributed by atoms with Crippen LogP contribution in [0.3, 0.4) is 0 Å². The number of amidine groups is 1. The largest absolute Gasteiger partial charge is 0.379 e. The molecule has 0 fully saturated rings. The molecule has 0 aliphatic rings. The Bertz CT molecular complexity index is 534. The van der Waals surface area contributed by atoms with Gasteiger partial charge in [-0.2, -0.15) is 11.8 Å². The predicted molar refractivity (Wildman–Crippen MR) is 82.3 cm³/mol. The first-order chi connectivity index (χ1) is 8.22. The molecular weight excluding hydrogens is 268 g/mol. The molecule has 2 aromatic rings. The third-order valence-electron chi connectivity index (χ3n) is 2.43. The van der Waals surface area contributed by atoms with Gasteiger partial charge >= 0.3 is 0 Å². The second kappa shape index (κ2) is 5.80. The molecule has 2 nitrogen and oxygen atoms in total. The van der Waals surface area contributed by atoms with Gasteiger partial charge in [0.15, 0.2) is 5.17 Å². The molecule has 2 rings (SSSR count). The Morgan fingerprint density at radius 1 is 1.35 bits per heavy atom. The molecule has 0 amide bonds. The Kier molecular flexibility index (Phi) is 4.36. The molecule has 0 spiro atoms. The first kappa shape index (κ1) is 12.8. The summed E-state index contributed by atoms with van der Waals surface area (Å²) in [6.07, 6.45) is 2.12. The van der Waals surface area contributed by atoms with Crippen LogP contribution in [0.4, 0.5) is 0 Å². The van der Waals surface area contributed by atoms with Crippen molar-refractivity contribution < 1.29 is 0 Å². The number of nitrogens with two attached hydrogens (primary N) is 1. The van der Waals surface area contributed by atoms with E-state index in [0.29, 0.717) is 0 Å². The molecule has 0 saturated carbocycles. The molecule has 17 heavy (non-hydrogen) atoms. The normalized spacial score (nSPS) is 10.9. The van der Waals surface area contributed by atoms with Gasteiger partial charge in [-0.3, -0.25) is 5.41 Å². The van der Waals surface area contributed by atoms with E-state index >= 15 is 0 Å². The number of nitrogens with one attached hydrogen (secondary N) is 1. The van der Waals surface area contributed by atoms with Crippen LogP contribution >= 0.6 is 34.9 Å². The summed E-state index contributed by atoms with van der Waals surface area (Å²) >= 11 is 5.09. The molecule has 1 aromatic carbocycles. The second-order valence-corrected chi connectivity index (χ2v) is 6.61. The lowest BCUT2D eigenvalue weighted by molar-refractivity contribution is 1.39. The average molecular weight is 282 g/mol. The topological polar surface area (TPSA) is 49.9 Å². The van der Waals surface area contributed by atoms with Gasteiger partial charge in [-0.15, -0.1) is 11.3 Å². The van der Waals surface area contributed by atoms with Gasteiger partial charge in [-0.1, -0.05) is 30.0 Å². The SMILES string of the molecule is CSCc1sc2ccccc2c1CSC(=N)N. The minimum absolute atomic E-state index is 0.190. The average Bonchev–Trinajstić information content (AvgIpc) is 2.64. The summed E-state index contributed by atoms with van der Waals surface area (Å²) in [5, 5.41) is 8.82. The highest BCUT2D eigenvalue weighted by Crippen LogP contribution is 2.35. The summed E-state index contributed by atoms with van der Waals surface area (Å²) in [4.78, 5) is 1.41. The zero-order chi connectivity index (χ0) is 12.3. The van der Waals surface area contributed by atoms with Crippen LogP contribution in [0.5, 0.6) is 0 Å². The van der Waals surface area contributed by atoms with E-state index in [0.717, 1.165) is 11.5 Å². The lowest BCUT2D eigenvalue weighted by Crippen LogP contribution is -2.04. The Balaban J connectivity index is 2.40. The lowest BCUT2D eigenvalue weighted by atomic mass is 10.1. The fourth-order valence-corrected chi connectivity index (χ4v) is 4.47. The van der Waals surface area contributed by atoms with Crippen LogP contribution in [0, 0.1) is 5.41 Å². The van der Waals surface area contributed by atoms with Crippen molar-refractivity contribution in [1.82, 2.24) is 0 Å². The molecular formula is C12H14N2S3. The van der Waals surface area contributed by atoms with E-state index in [2.05, 4.69) is 30.5 Å². The Hall–Kier alpha value is -0.650. The maximum Gasteiger partial charge on any atom is 0.151 e. The van der Waals surface area contributed by atoms with E-state index in [4.69, 9.17) is 11.1 Å². The zero-order valence-electron chi connectivity index (χ0n) is 9.53. The van der Waals surface area contributed by atoms with E-state index in [1.807, 2.05) is 23.1 Å². The molecule has 3 N–H and O–H groups in total. The fourth-order valence-electron chi connectivity index (χ4n) is 1.71. The number of hydrogen-bond donors (Lipinski definition) is 2. The molecule has 0 saturated heterocycles. The molecule has 0 radical (unpaired) electrons. The van der Waals surface area contributed by atoms with Gasteiger partial charge < -0.3 is 5.73 Å². The number of thiophene rings is 1. The molecule has 0 aliphatic carbocycles. The van der Waals surface area contributed by atoms with Crippen molar-refractivity contribution in [1.29, 1.82) is 5.41 Å². The van der Waals surface area contributed by atoms with Crippen LogP contribution < -0.4 is 5.73 Å². The first-order valence-electron chi connectivity index (χ1n) is 5.17. The highest BCUT2D eigenvalue weighted by Gasteiger charge is 2.11. The van der Waals surface area contributed by atoms with Crippen molar-refractivity contribution in [2.75, 3.05) is 6.26 Å². The van der Waals surface area contributed by atoms with Gasteiger partial charge in [0.25, 0.3) is 0 Å². The summed E-state index contributed by atoms with van der Waals surface area (Å²) < 4.78 is 1.33. The second-order valence-electron chi connectivity index (χ2n) is 3.59. The molecule has 1 aromatic heterocycles. The fraction of sp³-hybridized carbons (Fsp3) is 0.250. The minimum Gasteiger partial charge on any atom is -0.379 e. The Morgan fingerprint density at radius 2 is 2.12 bits per heavy atom. The smallest absolute Gasteiger partial charge is 0.151 e. The molecule has 1 heterocycles. The quantitative estimate of drug-likeness (QED) is 0.660. The van der Waals surface area contributed by atoms with Gasteiger partial charge in [0.1, 0.15) is 0 Å². The van der Waals surface area contributed by atoms with Crippen molar-refractivity contribution in [2.45, 2.75) is 11.5 Å². The van der Waals surface area contributed by atoms with Crippen molar-refractivity contribution in [3.63, 3.8) is 0 Å². The van der Waals surface area contributed by atoms with E-state index < -0.39 is 0 Å². The van der Waals surface area contributed by atoms with Gasteiger partial charge in [-0.25, -0.2) is 0 Å². The summed E-state index contributed by atoms with van der Waals surface area (Å²) in [5.41, 5.74) is 6.77. The van der Waals surface area contributed by atoms with Gasteiger partial charge in [0.05, 0.1) is 0 Å². The monoisotopic (exact) mass is 282 g/mol. The molecule has 5 heteroatoms. The van der Waals surface area contributed by atoms with Crippen LogP contribution in [0.1, 0.15) is 10.4 Å². The van der Waals surface area contributed by atoms with Crippen LogP contribution in [-0.4, -0.2) is 11.4 Å². The number of thioether (sulfide) groups is 2. The number of benzene rings is 1. The first-order valence-corrected chi connectivity index (χ1v) is 8.37. The Labute approximate surface area is 113 Å². The molecule has 0 bridgehead atoms. The van der Waals surface area contributed by atoms with Crippen molar-refractivity contribution in [3.8, 4) is 0 Å². The maximum absolute atomic E-state index is 7.32. The zero-order valence-corrected chi connectivity index (χ0v) is 12.0. The van der Waals surface area contributed by atoms with Crippen molar-refractivity contribution in [3.05, 3.63) is 34.7 Å². The summed E-state index contributed by atoms with van der Waals surface area (Å²) in [5.74, 6) is 1.84.